The molecule has 2 atom stereocenters. The molecule has 0 aliphatic heterocycles. The summed E-state index contributed by atoms with van der Waals surface area (Å²) >= 11 is 0. The maximum atomic E-state index is 14.1. The molecule has 6 nitrogen and oxygen atoms in total. The Bertz CT molecular complexity index is 1020. The minimum absolute atomic E-state index is 0.00997. The zero-order valence-corrected chi connectivity index (χ0v) is 19.0. The van der Waals surface area contributed by atoms with Crippen molar-refractivity contribution in [3.8, 4) is 0 Å². The summed E-state index contributed by atoms with van der Waals surface area (Å²) < 4.78 is 55.6. The second-order valence-corrected chi connectivity index (χ2v) is 9.00. The van der Waals surface area contributed by atoms with Gasteiger partial charge in [0.05, 0.1) is 11.0 Å². The first-order chi connectivity index (χ1) is 15.9. The number of carbonyl (C=O) groups is 2. The molecule has 1 fully saturated rings. The van der Waals surface area contributed by atoms with Gasteiger partial charge in [-0.3, -0.25) is 14.6 Å². The number of alkyl halides is 3. The number of nitrogens with zero attached hydrogens (tertiary/aromatic N) is 2. The van der Waals surface area contributed by atoms with Gasteiger partial charge >= 0.3 is 6.18 Å². The average Bonchev–Trinajstić information content (AvgIpc) is 3.57. The summed E-state index contributed by atoms with van der Waals surface area (Å²) in [4.78, 5) is 29.7. The van der Waals surface area contributed by atoms with Gasteiger partial charge in [0.25, 0.3) is 5.91 Å². The molecule has 0 spiro atoms. The van der Waals surface area contributed by atoms with Crippen LogP contribution in [0.4, 0.5) is 17.6 Å². The monoisotopic (exact) mass is 480 g/mol. The van der Waals surface area contributed by atoms with Gasteiger partial charge in [0.2, 0.25) is 5.91 Å². The number of primary amides is 1. The van der Waals surface area contributed by atoms with Gasteiger partial charge in [-0.1, -0.05) is 6.07 Å². The quantitative estimate of drug-likeness (QED) is 0.510. The van der Waals surface area contributed by atoms with Gasteiger partial charge < -0.3 is 16.0 Å². The summed E-state index contributed by atoms with van der Waals surface area (Å²) in [5.41, 5.74) is 4.06. The number of hydrogen-bond donors (Lipinski definition) is 2. The lowest BCUT2D eigenvalue weighted by molar-refractivity contribution is -0.194. The van der Waals surface area contributed by atoms with Crippen LogP contribution in [0.2, 0.25) is 0 Å². The Hall–Kier alpha value is -3.01. The fourth-order valence-corrected chi connectivity index (χ4v) is 4.28. The van der Waals surface area contributed by atoms with Gasteiger partial charge in [-0.2, -0.15) is 13.2 Å². The first-order valence-electron chi connectivity index (χ1n) is 10.9. The Morgan fingerprint density at radius 3 is 2.32 bits per heavy atom. The highest BCUT2D eigenvalue weighted by atomic mass is 19.4. The molecule has 1 aromatic heterocycles. The zero-order valence-electron chi connectivity index (χ0n) is 19.0. The number of rotatable bonds is 10. The van der Waals surface area contributed by atoms with E-state index in [1.807, 2.05) is 4.90 Å². The first-order valence-corrected chi connectivity index (χ1v) is 10.9. The number of aromatic nitrogens is 1. The van der Waals surface area contributed by atoms with E-state index in [1.165, 1.54) is 36.7 Å². The molecule has 2 amide bonds. The number of likely N-dealkylation sites (N-methyl/N-ethyl adjacent to an activating group) is 1. The van der Waals surface area contributed by atoms with Crippen LogP contribution in [0.5, 0.6) is 0 Å². The number of hydrogen-bond acceptors (Lipinski definition) is 4. The minimum atomic E-state index is -4.41. The molecule has 0 radical (unpaired) electrons. The van der Waals surface area contributed by atoms with Gasteiger partial charge in [-0.05, 0) is 68.8 Å². The van der Waals surface area contributed by atoms with Crippen molar-refractivity contribution in [2.24, 2.45) is 11.1 Å². The van der Waals surface area contributed by atoms with E-state index in [0.717, 1.165) is 0 Å². The molecule has 1 aliphatic carbocycles. The highest BCUT2D eigenvalue weighted by molar-refractivity contribution is 5.93. The number of nitrogens with one attached hydrogen (secondary N) is 1. The standard InChI is InChI=1S/C24H28F4N4O2/c1-32(2)17(11-15-3-4-18(22(29)34)20(25)12-15)14-31-21(33)13-19(16-5-9-30-10-6-16)23(7-8-23)24(26,27)28/h3-6,9-10,12,17,19H,7-8,11,13-14H2,1-2H3,(H2,29,34)(H,31,33). The smallest absolute Gasteiger partial charge is 0.366 e. The highest BCUT2D eigenvalue weighted by Gasteiger charge is 2.67. The predicted octanol–water partition coefficient (Wildman–Crippen LogP) is 3.42. The Kier molecular flexibility index (Phi) is 7.60. The van der Waals surface area contributed by atoms with Crippen molar-refractivity contribution in [2.75, 3.05) is 20.6 Å². The van der Waals surface area contributed by atoms with Gasteiger partial charge in [0, 0.05) is 37.3 Å². The molecule has 1 aromatic carbocycles. The zero-order chi connectivity index (χ0) is 25.1. The maximum Gasteiger partial charge on any atom is 0.395 e. The number of benzene rings is 1. The van der Waals surface area contributed by atoms with E-state index in [4.69, 9.17) is 5.73 Å². The van der Waals surface area contributed by atoms with Crippen molar-refractivity contribution >= 4 is 11.8 Å². The Morgan fingerprint density at radius 1 is 1.18 bits per heavy atom. The largest absolute Gasteiger partial charge is 0.395 e. The highest BCUT2D eigenvalue weighted by Crippen LogP contribution is 2.66. The first kappa shape index (κ1) is 25.6. The molecular weight excluding hydrogens is 452 g/mol. The van der Waals surface area contributed by atoms with Crippen LogP contribution in [0.3, 0.4) is 0 Å². The van der Waals surface area contributed by atoms with Crippen LogP contribution in [0, 0.1) is 11.2 Å². The van der Waals surface area contributed by atoms with Crippen LogP contribution < -0.4 is 11.1 Å². The Morgan fingerprint density at radius 2 is 1.82 bits per heavy atom. The molecule has 1 aliphatic rings. The normalized spacial score (nSPS) is 16.7. The summed E-state index contributed by atoms with van der Waals surface area (Å²) in [6.07, 6.45) is -1.52. The number of pyridine rings is 1. The lowest BCUT2D eigenvalue weighted by atomic mass is 9.80. The molecular formula is C24H28F4N4O2. The molecule has 34 heavy (non-hydrogen) atoms. The number of carbonyl (C=O) groups excluding carboxylic acids is 2. The van der Waals surface area contributed by atoms with Crippen LogP contribution >= 0.6 is 0 Å². The van der Waals surface area contributed by atoms with Crippen molar-refractivity contribution in [3.63, 3.8) is 0 Å². The lowest BCUT2D eigenvalue weighted by Crippen LogP contribution is -2.42. The second kappa shape index (κ2) is 10.1. The summed E-state index contributed by atoms with van der Waals surface area (Å²) in [5, 5.41) is 2.75. The summed E-state index contributed by atoms with van der Waals surface area (Å²) in [6.45, 7) is 0.160. The molecule has 0 bridgehead atoms. The average molecular weight is 481 g/mol. The molecule has 1 saturated carbocycles. The van der Waals surface area contributed by atoms with E-state index in [2.05, 4.69) is 10.3 Å². The van der Waals surface area contributed by atoms with Crippen LogP contribution in [0.15, 0.2) is 42.7 Å². The second-order valence-electron chi connectivity index (χ2n) is 9.00. The molecule has 184 valence electrons. The van der Waals surface area contributed by atoms with E-state index < -0.39 is 35.1 Å². The van der Waals surface area contributed by atoms with Crippen molar-refractivity contribution < 1.29 is 27.2 Å². The predicted molar refractivity (Wildman–Crippen MR) is 118 cm³/mol. The molecule has 0 saturated heterocycles. The minimum Gasteiger partial charge on any atom is -0.366 e. The summed E-state index contributed by atoms with van der Waals surface area (Å²) in [5.74, 6) is -3.08. The van der Waals surface area contributed by atoms with E-state index in [9.17, 15) is 27.2 Å². The number of amides is 2. The van der Waals surface area contributed by atoms with Crippen LogP contribution in [-0.4, -0.2) is 54.6 Å². The molecule has 10 heteroatoms. The third-order valence-corrected chi connectivity index (χ3v) is 6.55. The maximum absolute atomic E-state index is 14.1. The Balaban J connectivity index is 1.68. The number of halogens is 4. The summed E-state index contributed by atoms with van der Waals surface area (Å²) in [6, 6.07) is 6.91. The molecule has 3 N–H and O–H groups in total. The number of nitrogens with two attached hydrogens (primary N) is 1. The molecule has 2 aromatic rings. The van der Waals surface area contributed by atoms with Crippen LogP contribution in [0.1, 0.15) is 46.7 Å². The van der Waals surface area contributed by atoms with Crippen molar-refractivity contribution in [2.45, 2.75) is 43.8 Å². The third-order valence-electron chi connectivity index (χ3n) is 6.55. The van der Waals surface area contributed by atoms with E-state index >= 15 is 0 Å². The fourth-order valence-electron chi connectivity index (χ4n) is 4.28. The van der Waals surface area contributed by atoms with Gasteiger partial charge in [-0.15, -0.1) is 0 Å². The fraction of sp³-hybridized carbons (Fsp3) is 0.458. The Labute approximate surface area is 195 Å². The SMILES string of the molecule is CN(C)C(CNC(=O)CC(c1ccncc1)C1(C(F)(F)F)CC1)Cc1ccc(C(N)=O)c(F)c1. The molecule has 2 unspecified atom stereocenters. The van der Waals surface area contributed by atoms with Crippen molar-refractivity contribution in [1.82, 2.24) is 15.2 Å². The topological polar surface area (TPSA) is 88.3 Å². The van der Waals surface area contributed by atoms with Gasteiger partial charge in [0.1, 0.15) is 5.82 Å². The third kappa shape index (κ3) is 5.72. The van der Waals surface area contributed by atoms with Crippen molar-refractivity contribution in [3.05, 3.63) is 65.2 Å². The van der Waals surface area contributed by atoms with Crippen LogP contribution in [-0.2, 0) is 11.2 Å². The molecule has 3 rings (SSSR count). The molecule has 1 heterocycles. The van der Waals surface area contributed by atoms with E-state index in [-0.39, 0.29) is 37.4 Å². The van der Waals surface area contributed by atoms with Gasteiger partial charge in [-0.25, -0.2) is 4.39 Å². The van der Waals surface area contributed by atoms with E-state index in [0.29, 0.717) is 17.5 Å². The van der Waals surface area contributed by atoms with Gasteiger partial charge in [0.15, 0.2) is 0 Å². The lowest BCUT2D eigenvalue weighted by Gasteiger charge is -2.30. The van der Waals surface area contributed by atoms with E-state index in [1.54, 1.807) is 20.2 Å². The van der Waals surface area contributed by atoms with Crippen molar-refractivity contribution in [1.29, 1.82) is 0 Å². The summed E-state index contributed by atoms with van der Waals surface area (Å²) in [7, 11) is 3.57. The van der Waals surface area contributed by atoms with Crippen LogP contribution in [0.25, 0.3) is 0 Å².